The van der Waals surface area contributed by atoms with Gasteiger partial charge in [-0.05, 0) is 81.7 Å². The van der Waals surface area contributed by atoms with Crippen LogP contribution in [0.25, 0.3) is 137 Å². The van der Waals surface area contributed by atoms with E-state index in [4.69, 9.17) is 4.98 Å². The SMILES string of the molecule is c1ccc(-n2c3ccccc3c3cc(-c4cccc5c6cccc7c8cc9c(nc8n(c45)c76)c4cc5ccccc5c5c6cc7ccccc7cc6n9c45)ccc32)cc1. The van der Waals surface area contributed by atoms with Crippen LogP contribution in [0.4, 0.5) is 0 Å². The summed E-state index contributed by atoms with van der Waals surface area (Å²) in [5.74, 6) is 0. The molecule has 0 aliphatic heterocycles. The molecule has 0 aliphatic carbocycles. The van der Waals surface area contributed by atoms with Crippen LogP contribution in [0, 0.1) is 0 Å². The van der Waals surface area contributed by atoms with Gasteiger partial charge in [-0.15, -0.1) is 0 Å². The molecule has 0 N–H and O–H groups in total. The van der Waals surface area contributed by atoms with E-state index in [1.807, 2.05) is 0 Å². The van der Waals surface area contributed by atoms with Crippen LogP contribution < -0.4 is 0 Å². The van der Waals surface area contributed by atoms with E-state index in [2.05, 4.69) is 195 Å². The van der Waals surface area contributed by atoms with E-state index in [9.17, 15) is 0 Å². The van der Waals surface area contributed by atoms with Gasteiger partial charge in [0.1, 0.15) is 5.65 Å². The lowest BCUT2D eigenvalue weighted by molar-refractivity contribution is 1.18. The molecule has 6 aromatic heterocycles. The van der Waals surface area contributed by atoms with E-state index in [0.717, 1.165) is 16.7 Å². The minimum absolute atomic E-state index is 1.00. The maximum atomic E-state index is 5.79. The largest absolute Gasteiger partial charge is 0.309 e. The molecule has 0 bridgehead atoms. The van der Waals surface area contributed by atoms with E-state index in [0.29, 0.717) is 0 Å². The molecule has 0 spiro atoms. The summed E-state index contributed by atoms with van der Waals surface area (Å²) in [4.78, 5) is 5.79. The van der Waals surface area contributed by atoms with Crippen LogP contribution >= 0.6 is 0 Å². The molecule has 0 saturated heterocycles. The topological polar surface area (TPSA) is 26.6 Å². The second-order valence-corrected chi connectivity index (χ2v) is 16.3. The Bertz CT molecular complexity index is 4300. The van der Waals surface area contributed by atoms with E-state index in [-0.39, 0.29) is 0 Å². The van der Waals surface area contributed by atoms with E-state index < -0.39 is 0 Å². The van der Waals surface area contributed by atoms with Gasteiger partial charge in [0.2, 0.25) is 0 Å². The molecular formula is C55H30N4. The third kappa shape index (κ3) is 3.65. The number of aromatic nitrogens is 4. The average Bonchev–Trinajstić information content (AvgIpc) is 4.08. The van der Waals surface area contributed by atoms with Crippen molar-refractivity contribution in [3.8, 4) is 16.8 Å². The van der Waals surface area contributed by atoms with E-state index in [1.165, 1.54) is 120 Å². The standard InChI is InChI=1S/C55H30N4/c1-2-15-35(16-3-1)57-46-23-9-8-18-38(46)42-27-34(24-25-47(42)57)37-19-10-20-39-40-21-11-22-41-43-30-49-51(56-55(43)59(52(37)39)53(40)41)45-28-33-14-6-7-17-36(33)50-44-26-31-12-4-5-13-32(31)29-48(44)58(49)54(45)50/h1-30H. The third-order valence-electron chi connectivity index (χ3n) is 13.4. The fourth-order valence-corrected chi connectivity index (χ4v) is 11.0. The normalized spacial score (nSPS) is 12.7. The third-order valence-corrected chi connectivity index (χ3v) is 13.4. The second kappa shape index (κ2) is 10.5. The number of benzene rings is 9. The molecule has 0 aliphatic rings. The van der Waals surface area contributed by atoms with Crippen LogP contribution in [0.1, 0.15) is 0 Å². The molecule has 0 saturated carbocycles. The van der Waals surface area contributed by atoms with Gasteiger partial charge in [0.25, 0.3) is 0 Å². The number of hydrogen-bond acceptors (Lipinski definition) is 1. The average molecular weight is 747 g/mol. The number of para-hydroxylation sites is 4. The Hall–Kier alpha value is -7.95. The van der Waals surface area contributed by atoms with Gasteiger partial charge in [-0.3, -0.25) is 4.40 Å². The Kier molecular flexibility index (Phi) is 5.38. The highest BCUT2D eigenvalue weighted by Crippen LogP contribution is 2.47. The van der Waals surface area contributed by atoms with Crippen LogP contribution in [0.5, 0.6) is 0 Å². The summed E-state index contributed by atoms with van der Waals surface area (Å²) in [7, 11) is 0. The first-order chi connectivity index (χ1) is 29.3. The molecule has 6 heterocycles. The Morgan fingerprint density at radius 2 is 1.00 bits per heavy atom. The lowest BCUT2D eigenvalue weighted by atomic mass is 9.99. The fraction of sp³-hybridized carbons (Fsp3) is 0. The minimum Gasteiger partial charge on any atom is -0.309 e. The minimum atomic E-state index is 1.00. The molecule has 15 aromatic rings. The van der Waals surface area contributed by atoms with Crippen molar-refractivity contribution >= 4 is 120 Å². The summed E-state index contributed by atoms with van der Waals surface area (Å²) in [6, 6.07) is 67.2. The zero-order valence-corrected chi connectivity index (χ0v) is 31.6. The molecule has 0 fully saturated rings. The van der Waals surface area contributed by atoms with Crippen molar-refractivity contribution in [2.75, 3.05) is 0 Å². The fourth-order valence-electron chi connectivity index (χ4n) is 11.0. The summed E-state index contributed by atoms with van der Waals surface area (Å²) in [6.07, 6.45) is 0. The predicted octanol–water partition coefficient (Wildman–Crippen LogP) is 14.5. The van der Waals surface area contributed by atoms with Gasteiger partial charge in [-0.2, -0.15) is 0 Å². The molecule has 9 aromatic carbocycles. The van der Waals surface area contributed by atoms with Gasteiger partial charge in [-0.1, -0.05) is 127 Å². The molecule has 59 heavy (non-hydrogen) atoms. The van der Waals surface area contributed by atoms with Crippen molar-refractivity contribution in [3.05, 3.63) is 182 Å². The highest BCUT2D eigenvalue weighted by molar-refractivity contribution is 6.33. The van der Waals surface area contributed by atoms with Crippen molar-refractivity contribution in [3.63, 3.8) is 0 Å². The highest BCUT2D eigenvalue weighted by atomic mass is 15.0. The number of fused-ring (bicyclic) bond motifs is 18. The summed E-state index contributed by atoms with van der Waals surface area (Å²) in [5.41, 5.74) is 14.1. The molecule has 15 rings (SSSR count). The summed E-state index contributed by atoms with van der Waals surface area (Å²) >= 11 is 0. The lowest BCUT2D eigenvalue weighted by Crippen LogP contribution is -1.93. The maximum absolute atomic E-state index is 5.79. The van der Waals surface area contributed by atoms with Gasteiger partial charge < -0.3 is 8.97 Å². The molecule has 4 nitrogen and oxygen atoms in total. The quantitative estimate of drug-likeness (QED) is 0.173. The van der Waals surface area contributed by atoms with Crippen molar-refractivity contribution in [1.29, 1.82) is 0 Å². The van der Waals surface area contributed by atoms with Gasteiger partial charge >= 0.3 is 0 Å². The smallest absolute Gasteiger partial charge is 0.146 e. The van der Waals surface area contributed by atoms with E-state index in [1.54, 1.807) is 0 Å². The number of hydrogen-bond donors (Lipinski definition) is 0. The first kappa shape index (κ1) is 30.2. The summed E-state index contributed by atoms with van der Waals surface area (Å²) in [5, 5.41) is 16.2. The first-order valence-corrected chi connectivity index (χ1v) is 20.4. The van der Waals surface area contributed by atoms with Crippen molar-refractivity contribution in [2.45, 2.75) is 0 Å². The molecule has 0 radical (unpaired) electrons. The Balaban J connectivity index is 1.08. The number of rotatable bonds is 2. The van der Waals surface area contributed by atoms with Crippen LogP contribution in [0.15, 0.2) is 182 Å². The monoisotopic (exact) mass is 746 g/mol. The molecule has 0 atom stereocenters. The van der Waals surface area contributed by atoms with Crippen LogP contribution in [0.3, 0.4) is 0 Å². The predicted molar refractivity (Wildman–Crippen MR) is 248 cm³/mol. The first-order valence-electron chi connectivity index (χ1n) is 20.4. The molecule has 0 unspecified atom stereocenters. The molecular weight excluding hydrogens is 717 g/mol. The van der Waals surface area contributed by atoms with Crippen molar-refractivity contribution in [1.82, 2.24) is 18.4 Å². The van der Waals surface area contributed by atoms with Gasteiger partial charge in [0, 0.05) is 59.7 Å². The number of pyridine rings is 1. The van der Waals surface area contributed by atoms with E-state index >= 15 is 0 Å². The molecule has 270 valence electrons. The Labute approximate surface area is 335 Å². The summed E-state index contributed by atoms with van der Waals surface area (Å²) < 4.78 is 7.36. The van der Waals surface area contributed by atoms with Crippen LogP contribution in [-0.4, -0.2) is 18.4 Å². The van der Waals surface area contributed by atoms with Gasteiger partial charge in [-0.25, -0.2) is 4.98 Å². The number of nitrogens with zero attached hydrogens (tertiary/aromatic N) is 4. The highest BCUT2D eigenvalue weighted by Gasteiger charge is 2.26. The zero-order valence-electron chi connectivity index (χ0n) is 31.6. The van der Waals surface area contributed by atoms with Gasteiger partial charge in [0.05, 0.1) is 44.1 Å². The second-order valence-electron chi connectivity index (χ2n) is 16.3. The molecule has 4 heteroatoms. The van der Waals surface area contributed by atoms with Gasteiger partial charge in [0.15, 0.2) is 0 Å². The Morgan fingerprint density at radius 3 is 1.86 bits per heavy atom. The molecule has 0 amide bonds. The van der Waals surface area contributed by atoms with Crippen molar-refractivity contribution < 1.29 is 0 Å². The van der Waals surface area contributed by atoms with Crippen LogP contribution in [0.2, 0.25) is 0 Å². The lowest BCUT2D eigenvalue weighted by Gasteiger charge is -2.09. The van der Waals surface area contributed by atoms with Crippen molar-refractivity contribution in [2.24, 2.45) is 0 Å². The summed E-state index contributed by atoms with van der Waals surface area (Å²) in [6.45, 7) is 0. The zero-order chi connectivity index (χ0) is 38.1. The maximum Gasteiger partial charge on any atom is 0.146 e. The van der Waals surface area contributed by atoms with Crippen LogP contribution in [-0.2, 0) is 0 Å². The Morgan fingerprint density at radius 1 is 0.339 bits per heavy atom.